The fraction of sp³-hybridized carbons (Fsp3) is 0.321. The molecule has 0 saturated carbocycles. The maximum atomic E-state index is 14.1. The lowest BCUT2D eigenvalue weighted by Gasteiger charge is -2.46. The summed E-state index contributed by atoms with van der Waals surface area (Å²) < 4.78 is 5.66. The Morgan fingerprint density at radius 1 is 0.781 bits per heavy atom. The summed E-state index contributed by atoms with van der Waals surface area (Å²) in [7, 11) is 0. The van der Waals surface area contributed by atoms with Gasteiger partial charge in [-0.05, 0) is 30.0 Å². The Labute approximate surface area is 190 Å². The van der Waals surface area contributed by atoms with Gasteiger partial charge in [0.2, 0.25) is 0 Å². The third-order valence-corrected chi connectivity index (χ3v) is 6.69. The molecular formula is C28H30N2O2. The predicted octanol–water partition coefficient (Wildman–Crippen LogP) is 4.76. The highest BCUT2D eigenvalue weighted by atomic mass is 16.5. The Bertz CT molecular complexity index is 1030. The number of hydrogen-bond acceptors (Lipinski definition) is 4. The Balaban J connectivity index is 1.64. The molecule has 2 unspecified atom stereocenters. The number of fused-ring (bicyclic) bond motifs is 1. The van der Waals surface area contributed by atoms with Gasteiger partial charge in [-0.3, -0.25) is 9.69 Å². The minimum atomic E-state index is -0.283. The molecule has 0 aromatic heterocycles. The van der Waals surface area contributed by atoms with Crippen LogP contribution in [0.5, 0.6) is 0 Å². The minimum Gasteiger partial charge on any atom is -0.379 e. The standard InChI is InChI=1S/C28H30N2O2/c31-28(24-13-5-2-6-14-24)27(29-18-20-32-21-19-29)26(23-11-3-1-4-12-23)30-17-9-15-22-10-7-8-16-25(22)30/h1-8,10-14,16,26-27H,9,15,17-21H2. The van der Waals surface area contributed by atoms with Crippen molar-refractivity contribution in [2.24, 2.45) is 0 Å². The van der Waals surface area contributed by atoms with Gasteiger partial charge in [0.1, 0.15) is 0 Å². The number of nitrogens with zero attached hydrogens (tertiary/aromatic N) is 2. The summed E-state index contributed by atoms with van der Waals surface area (Å²) in [5, 5.41) is 0. The molecule has 2 aliphatic heterocycles. The molecule has 0 aliphatic carbocycles. The highest BCUT2D eigenvalue weighted by Crippen LogP contribution is 2.38. The Morgan fingerprint density at radius 2 is 1.44 bits per heavy atom. The zero-order valence-corrected chi connectivity index (χ0v) is 18.4. The van der Waals surface area contributed by atoms with E-state index >= 15 is 0 Å². The van der Waals surface area contributed by atoms with E-state index in [9.17, 15) is 4.79 Å². The minimum absolute atomic E-state index is 0.0662. The number of rotatable bonds is 6. The van der Waals surface area contributed by atoms with Gasteiger partial charge in [-0.2, -0.15) is 0 Å². The molecule has 5 rings (SSSR count). The first-order valence-corrected chi connectivity index (χ1v) is 11.6. The van der Waals surface area contributed by atoms with Crippen molar-refractivity contribution in [3.8, 4) is 0 Å². The molecule has 3 aromatic rings. The fourth-order valence-electron chi connectivity index (χ4n) is 5.17. The summed E-state index contributed by atoms with van der Waals surface area (Å²) >= 11 is 0. The molecule has 0 spiro atoms. The number of carbonyl (C=O) groups is 1. The Kier molecular flexibility index (Phi) is 6.33. The highest BCUT2D eigenvalue weighted by Gasteiger charge is 2.40. The van der Waals surface area contributed by atoms with Crippen molar-refractivity contribution < 1.29 is 9.53 Å². The van der Waals surface area contributed by atoms with Crippen molar-refractivity contribution in [2.45, 2.75) is 24.9 Å². The van der Waals surface area contributed by atoms with Crippen LogP contribution < -0.4 is 4.90 Å². The van der Waals surface area contributed by atoms with E-state index in [0.29, 0.717) is 13.2 Å². The van der Waals surface area contributed by atoms with Gasteiger partial charge in [-0.25, -0.2) is 0 Å². The van der Waals surface area contributed by atoms with E-state index < -0.39 is 0 Å². The van der Waals surface area contributed by atoms with Crippen LogP contribution in [0.25, 0.3) is 0 Å². The van der Waals surface area contributed by atoms with E-state index in [0.717, 1.165) is 38.0 Å². The number of ketones is 1. The number of aryl methyl sites for hydroxylation is 1. The van der Waals surface area contributed by atoms with E-state index in [1.807, 2.05) is 36.4 Å². The Hall–Kier alpha value is -2.95. The van der Waals surface area contributed by atoms with Gasteiger partial charge in [-0.1, -0.05) is 78.9 Å². The summed E-state index contributed by atoms with van der Waals surface area (Å²) in [4.78, 5) is 18.9. The lowest BCUT2D eigenvalue weighted by Crippen LogP contribution is -2.55. The zero-order valence-electron chi connectivity index (χ0n) is 18.4. The summed E-state index contributed by atoms with van der Waals surface area (Å²) in [6.45, 7) is 3.80. The molecule has 164 valence electrons. The van der Waals surface area contributed by atoms with Crippen LogP contribution in [0.3, 0.4) is 0 Å². The van der Waals surface area contributed by atoms with Crippen LogP contribution in [0.15, 0.2) is 84.9 Å². The molecule has 2 heterocycles. The van der Waals surface area contributed by atoms with Gasteiger partial charge in [0, 0.05) is 30.9 Å². The van der Waals surface area contributed by atoms with Crippen molar-refractivity contribution in [3.05, 3.63) is 102 Å². The molecule has 0 bridgehead atoms. The van der Waals surface area contributed by atoms with Crippen molar-refractivity contribution in [1.82, 2.24) is 4.90 Å². The second-order valence-corrected chi connectivity index (χ2v) is 8.60. The maximum Gasteiger partial charge on any atom is 0.182 e. The van der Waals surface area contributed by atoms with Crippen LogP contribution in [-0.4, -0.2) is 49.6 Å². The van der Waals surface area contributed by atoms with E-state index in [1.165, 1.54) is 16.8 Å². The Morgan fingerprint density at radius 3 is 2.19 bits per heavy atom. The average Bonchev–Trinajstić information content (AvgIpc) is 2.88. The lowest BCUT2D eigenvalue weighted by molar-refractivity contribution is 0.0120. The van der Waals surface area contributed by atoms with E-state index in [1.54, 1.807) is 0 Å². The van der Waals surface area contributed by atoms with Crippen LogP contribution in [0.4, 0.5) is 5.69 Å². The second-order valence-electron chi connectivity index (χ2n) is 8.60. The van der Waals surface area contributed by atoms with Crippen LogP contribution in [0.1, 0.15) is 33.9 Å². The lowest BCUT2D eigenvalue weighted by atomic mass is 9.87. The normalized spacial score (nSPS) is 18.6. The molecular weight excluding hydrogens is 396 g/mol. The fourth-order valence-corrected chi connectivity index (χ4v) is 5.17. The van der Waals surface area contributed by atoms with Gasteiger partial charge in [-0.15, -0.1) is 0 Å². The van der Waals surface area contributed by atoms with Gasteiger partial charge < -0.3 is 9.64 Å². The molecule has 4 heteroatoms. The summed E-state index contributed by atoms with van der Waals surface area (Å²) in [6.07, 6.45) is 2.18. The topological polar surface area (TPSA) is 32.8 Å². The van der Waals surface area contributed by atoms with Crippen molar-refractivity contribution in [1.29, 1.82) is 0 Å². The highest BCUT2D eigenvalue weighted by molar-refractivity contribution is 6.01. The number of morpholine rings is 1. The molecule has 3 aromatic carbocycles. The number of para-hydroxylation sites is 1. The number of hydrogen-bond donors (Lipinski definition) is 0. The molecule has 0 amide bonds. The number of anilines is 1. The first-order valence-electron chi connectivity index (χ1n) is 11.6. The summed E-state index contributed by atoms with van der Waals surface area (Å²) in [6, 6.07) is 28.7. The van der Waals surface area contributed by atoms with E-state index in [2.05, 4.69) is 58.3 Å². The van der Waals surface area contributed by atoms with Crippen LogP contribution >= 0.6 is 0 Å². The van der Waals surface area contributed by atoms with E-state index in [4.69, 9.17) is 4.74 Å². The number of ether oxygens (including phenoxy) is 1. The molecule has 32 heavy (non-hydrogen) atoms. The smallest absolute Gasteiger partial charge is 0.182 e. The quantitative estimate of drug-likeness (QED) is 0.532. The van der Waals surface area contributed by atoms with Gasteiger partial charge in [0.15, 0.2) is 5.78 Å². The van der Waals surface area contributed by atoms with Crippen molar-refractivity contribution in [3.63, 3.8) is 0 Å². The zero-order chi connectivity index (χ0) is 21.8. The summed E-state index contributed by atoms with van der Waals surface area (Å²) in [5.74, 6) is 0.185. The molecule has 4 nitrogen and oxygen atoms in total. The second kappa shape index (κ2) is 9.68. The maximum absolute atomic E-state index is 14.1. The van der Waals surface area contributed by atoms with Crippen LogP contribution in [0.2, 0.25) is 0 Å². The van der Waals surface area contributed by atoms with Crippen LogP contribution in [0, 0.1) is 0 Å². The monoisotopic (exact) mass is 426 g/mol. The first kappa shape index (κ1) is 20.9. The number of Topliss-reactive ketones (excluding diaryl/α,β-unsaturated/α-hetero) is 1. The largest absolute Gasteiger partial charge is 0.379 e. The number of carbonyl (C=O) groups excluding carboxylic acids is 1. The van der Waals surface area contributed by atoms with Crippen molar-refractivity contribution >= 4 is 11.5 Å². The molecule has 1 saturated heterocycles. The predicted molar refractivity (Wildman–Crippen MR) is 128 cm³/mol. The first-order chi connectivity index (χ1) is 15.8. The van der Waals surface area contributed by atoms with E-state index in [-0.39, 0.29) is 17.9 Å². The molecule has 0 radical (unpaired) electrons. The van der Waals surface area contributed by atoms with Crippen LogP contribution in [-0.2, 0) is 11.2 Å². The summed E-state index contributed by atoms with van der Waals surface area (Å²) in [5.41, 5.74) is 4.58. The third kappa shape index (κ3) is 4.21. The van der Waals surface area contributed by atoms with Gasteiger partial charge in [0.05, 0.1) is 25.3 Å². The molecule has 2 atom stereocenters. The SMILES string of the molecule is O=C(c1ccccc1)C(C(c1ccccc1)N1CCCc2ccccc21)N1CCOCC1. The average molecular weight is 427 g/mol. The van der Waals surface area contributed by atoms with Gasteiger partial charge >= 0.3 is 0 Å². The van der Waals surface area contributed by atoms with Crippen molar-refractivity contribution in [2.75, 3.05) is 37.7 Å². The van der Waals surface area contributed by atoms with Gasteiger partial charge in [0.25, 0.3) is 0 Å². The number of benzene rings is 3. The molecule has 2 aliphatic rings. The third-order valence-electron chi connectivity index (χ3n) is 6.69. The molecule has 1 fully saturated rings. The molecule has 0 N–H and O–H groups in total.